The molecular weight excluding hydrogens is 428 g/mol. The Labute approximate surface area is 177 Å². The number of rotatable bonds is 5. The molecule has 4 aromatic rings. The van der Waals surface area contributed by atoms with Crippen LogP contribution in [-0.4, -0.2) is 18.0 Å². The molecule has 0 aliphatic carbocycles. The zero-order chi connectivity index (χ0) is 20.2. The maximum atomic E-state index is 13.0. The number of hydrogen-bond donors (Lipinski definition) is 1. The summed E-state index contributed by atoms with van der Waals surface area (Å²) in [6, 6.07) is 25.1. The van der Waals surface area contributed by atoms with Gasteiger partial charge in [-0.1, -0.05) is 58.4 Å². The van der Waals surface area contributed by atoms with Gasteiger partial charge in [0.2, 0.25) is 0 Å². The third-order valence-electron chi connectivity index (χ3n) is 4.69. The molecule has 0 radical (unpaired) electrons. The predicted octanol–water partition coefficient (Wildman–Crippen LogP) is 5.60. The SMILES string of the molecule is COc1ccc(CNC(=O)c2cc(-c3cccc(Br)c3)nc3ccccc23)cc1. The molecule has 0 aliphatic rings. The smallest absolute Gasteiger partial charge is 0.252 e. The lowest BCUT2D eigenvalue weighted by Gasteiger charge is -2.11. The predicted molar refractivity (Wildman–Crippen MR) is 119 cm³/mol. The highest BCUT2D eigenvalue weighted by Crippen LogP contribution is 2.26. The molecule has 0 saturated carbocycles. The van der Waals surface area contributed by atoms with Gasteiger partial charge in [0.25, 0.3) is 5.91 Å². The molecule has 29 heavy (non-hydrogen) atoms. The summed E-state index contributed by atoms with van der Waals surface area (Å²) in [5.74, 6) is 0.662. The molecule has 0 bridgehead atoms. The number of carbonyl (C=O) groups is 1. The minimum atomic E-state index is -0.129. The van der Waals surface area contributed by atoms with Crippen molar-refractivity contribution in [2.45, 2.75) is 6.54 Å². The van der Waals surface area contributed by atoms with Gasteiger partial charge in [0.05, 0.1) is 23.9 Å². The second-order valence-corrected chi connectivity index (χ2v) is 7.53. The molecule has 4 nitrogen and oxygen atoms in total. The molecule has 3 aromatic carbocycles. The number of pyridine rings is 1. The Morgan fingerprint density at radius 1 is 1.00 bits per heavy atom. The minimum absolute atomic E-state index is 0.129. The number of amides is 1. The monoisotopic (exact) mass is 446 g/mol. The zero-order valence-electron chi connectivity index (χ0n) is 15.9. The van der Waals surface area contributed by atoms with Gasteiger partial charge >= 0.3 is 0 Å². The lowest BCUT2D eigenvalue weighted by Crippen LogP contribution is -2.23. The van der Waals surface area contributed by atoms with Crippen molar-refractivity contribution in [2.24, 2.45) is 0 Å². The quantitative estimate of drug-likeness (QED) is 0.433. The van der Waals surface area contributed by atoms with Crippen molar-refractivity contribution >= 4 is 32.7 Å². The second kappa shape index (κ2) is 8.45. The molecule has 1 amide bonds. The number of methoxy groups -OCH3 is 1. The van der Waals surface area contributed by atoms with E-state index in [9.17, 15) is 4.79 Å². The van der Waals surface area contributed by atoms with E-state index in [2.05, 4.69) is 21.2 Å². The molecule has 1 heterocycles. The van der Waals surface area contributed by atoms with E-state index in [-0.39, 0.29) is 5.91 Å². The summed E-state index contributed by atoms with van der Waals surface area (Å²) in [7, 11) is 1.63. The van der Waals surface area contributed by atoms with E-state index >= 15 is 0 Å². The average molecular weight is 447 g/mol. The lowest BCUT2D eigenvalue weighted by molar-refractivity contribution is 0.0952. The highest BCUT2D eigenvalue weighted by Gasteiger charge is 2.14. The van der Waals surface area contributed by atoms with E-state index in [4.69, 9.17) is 9.72 Å². The van der Waals surface area contributed by atoms with Crippen LogP contribution in [0, 0.1) is 0 Å². The summed E-state index contributed by atoms with van der Waals surface area (Å²) >= 11 is 3.50. The molecule has 4 rings (SSSR count). The van der Waals surface area contributed by atoms with Gasteiger partial charge in [-0.15, -0.1) is 0 Å². The molecular formula is C24H19BrN2O2. The molecule has 1 aromatic heterocycles. The summed E-state index contributed by atoms with van der Waals surface area (Å²) in [5, 5.41) is 3.85. The number of carbonyl (C=O) groups excluding carboxylic acids is 1. The van der Waals surface area contributed by atoms with Crippen LogP contribution in [0.5, 0.6) is 5.75 Å². The minimum Gasteiger partial charge on any atom is -0.497 e. The Kier molecular flexibility index (Phi) is 5.58. The number of benzene rings is 3. The molecule has 0 atom stereocenters. The molecule has 5 heteroatoms. The van der Waals surface area contributed by atoms with Crippen LogP contribution in [0.25, 0.3) is 22.2 Å². The van der Waals surface area contributed by atoms with Gasteiger partial charge in [0, 0.05) is 22.0 Å². The molecule has 0 unspecified atom stereocenters. The third-order valence-corrected chi connectivity index (χ3v) is 5.19. The Hall–Kier alpha value is -3.18. The second-order valence-electron chi connectivity index (χ2n) is 6.61. The van der Waals surface area contributed by atoms with Crippen LogP contribution in [0.2, 0.25) is 0 Å². The Bertz CT molecular complexity index is 1170. The number of halogens is 1. The Balaban J connectivity index is 1.66. The Morgan fingerprint density at radius 3 is 2.55 bits per heavy atom. The first-order chi connectivity index (χ1) is 14.1. The van der Waals surface area contributed by atoms with Crippen molar-refractivity contribution in [1.82, 2.24) is 10.3 Å². The summed E-state index contributed by atoms with van der Waals surface area (Å²) in [6.45, 7) is 0.436. The summed E-state index contributed by atoms with van der Waals surface area (Å²) in [4.78, 5) is 17.8. The van der Waals surface area contributed by atoms with Gasteiger partial charge in [-0.2, -0.15) is 0 Å². The maximum absolute atomic E-state index is 13.0. The van der Waals surface area contributed by atoms with Crippen molar-refractivity contribution in [3.8, 4) is 17.0 Å². The van der Waals surface area contributed by atoms with E-state index in [1.807, 2.05) is 78.9 Å². The Morgan fingerprint density at radius 2 is 1.79 bits per heavy atom. The van der Waals surface area contributed by atoms with Crippen LogP contribution < -0.4 is 10.1 Å². The first-order valence-corrected chi connectivity index (χ1v) is 10.0. The summed E-state index contributed by atoms with van der Waals surface area (Å²) < 4.78 is 6.15. The first-order valence-electron chi connectivity index (χ1n) is 9.21. The largest absolute Gasteiger partial charge is 0.497 e. The molecule has 144 valence electrons. The maximum Gasteiger partial charge on any atom is 0.252 e. The van der Waals surface area contributed by atoms with Crippen LogP contribution in [0.1, 0.15) is 15.9 Å². The fourth-order valence-electron chi connectivity index (χ4n) is 3.18. The molecule has 0 spiro atoms. The number of para-hydroxylation sites is 1. The van der Waals surface area contributed by atoms with Crippen LogP contribution >= 0.6 is 15.9 Å². The highest BCUT2D eigenvalue weighted by molar-refractivity contribution is 9.10. The van der Waals surface area contributed by atoms with Crippen molar-refractivity contribution in [2.75, 3.05) is 7.11 Å². The van der Waals surface area contributed by atoms with Gasteiger partial charge in [0.1, 0.15) is 5.75 Å². The molecule has 0 saturated heterocycles. The van der Waals surface area contributed by atoms with Crippen molar-refractivity contribution in [3.63, 3.8) is 0 Å². The number of nitrogens with one attached hydrogen (secondary N) is 1. The molecule has 0 fully saturated rings. The number of fused-ring (bicyclic) bond motifs is 1. The average Bonchev–Trinajstić information content (AvgIpc) is 2.77. The van der Waals surface area contributed by atoms with Crippen molar-refractivity contribution in [3.05, 3.63) is 94.5 Å². The van der Waals surface area contributed by atoms with Crippen LogP contribution in [0.4, 0.5) is 0 Å². The van der Waals surface area contributed by atoms with Gasteiger partial charge < -0.3 is 10.1 Å². The van der Waals surface area contributed by atoms with Gasteiger partial charge in [-0.3, -0.25) is 4.79 Å². The van der Waals surface area contributed by atoms with Gasteiger partial charge in [-0.25, -0.2) is 4.98 Å². The van der Waals surface area contributed by atoms with E-state index in [1.165, 1.54) is 0 Å². The normalized spacial score (nSPS) is 10.7. The fourth-order valence-corrected chi connectivity index (χ4v) is 3.58. The molecule has 0 aliphatic heterocycles. The zero-order valence-corrected chi connectivity index (χ0v) is 17.4. The van der Waals surface area contributed by atoms with Gasteiger partial charge in [-0.05, 0) is 42.0 Å². The third kappa shape index (κ3) is 4.30. The van der Waals surface area contributed by atoms with E-state index < -0.39 is 0 Å². The number of nitrogens with zero attached hydrogens (tertiary/aromatic N) is 1. The van der Waals surface area contributed by atoms with E-state index in [0.29, 0.717) is 12.1 Å². The molecule has 1 N–H and O–H groups in total. The lowest BCUT2D eigenvalue weighted by atomic mass is 10.0. The van der Waals surface area contributed by atoms with Gasteiger partial charge in [0.15, 0.2) is 0 Å². The van der Waals surface area contributed by atoms with Crippen molar-refractivity contribution in [1.29, 1.82) is 0 Å². The van der Waals surface area contributed by atoms with Crippen LogP contribution in [0.3, 0.4) is 0 Å². The first kappa shape index (κ1) is 19.2. The highest BCUT2D eigenvalue weighted by atomic mass is 79.9. The fraction of sp³-hybridized carbons (Fsp3) is 0.0833. The number of ether oxygens (including phenoxy) is 1. The van der Waals surface area contributed by atoms with E-state index in [0.717, 1.165) is 37.9 Å². The standard InChI is InChI=1S/C24H19BrN2O2/c1-29-19-11-9-16(10-12-19)15-26-24(28)21-14-23(17-5-4-6-18(25)13-17)27-22-8-3-2-7-20(21)22/h2-14H,15H2,1H3,(H,26,28). The topological polar surface area (TPSA) is 51.2 Å². The van der Waals surface area contributed by atoms with E-state index in [1.54, 1.807) is 7.11 Å². The van der Waals surface area contributed by atoms with Crippen LogP contribution in [0.15, 0.2) is 83.3 Å². The van der Waals surface area contributed by atoms with Crippen LogP contribution in [-0.2, 0) is 6.54 Å². The number of hydrogen-bond acceptors (Lipinski definition) is 3. The van der Waals surface area contributed by atoms with Crippen molar-refractivity contribution < 1.29 is 9.53 Å². The number of aromatic nitrogens is 1. The summed E-state index contributed by atoms with van der Waals surface area (Å²) in [6.07, 6.45) is 0. The summed E-state index contributed by atoms with van der Waals surface area (Å²) in [5.41, 5.74) is 4.12.